The lowest BCUT2D eigenvalue weighted by atomic mass is 10.1. The molecule has 0 radical (unpaired) electrons. The van der Waals surface area contributed by atoms with Crippen LogP contribution in [0.15, 0.2) is 38.9 Å². The second-order valence-electron chi connectivity index (χ2n) is 3.55. The summed E-state index contributed by atoms with van der Waals surface area (Å²) in [6, 6.07) is 6.43. The fourth-order valence-corrected chi connectivity index (χ4v) is 3.83. The van der Waals surface area contributed by atoms with Crippen molar-refractivity contribution in [1.29, 1.82) is 0 Å². The normalized spacial score (nSPS) is 12.6. The van der Waals surface area contributed by atoms with Crippen LogP contribution in [0.25, 0.3) is 0 Å². The first-order valence-corrected chi connectivity index (χ1v) is 7.70. The van der Waals surface area contributed by atoms with E-state index < -0.39 is 0 Å². The van der Waals surface area contributed by atoms with Gasteiger partial charge in [0.15, 0.2) is 0 Å². The molecule has 0 fully saturated rings. The molecular weight excluding hydrogens is 364 g/mol. The Kier molecular flexibility index (Phi) is 4.73. The predicted octanol–water partition coefficient (Wildman–Crippen LogP) is 4.37. The van der Waals surface area contributed by atoms with Crippen molar-refractivity contribution in [2.45, 2.75) is 13.0 Å². The maximum Gasteiger partial charge on any atom is 0.0843 e. The van der Waals surface area contributed by atoms with E-state index in [1.807, 2.05) is 12.3 Å². The third-order valence-corrected chi connectivity index (χ3v) is 5.70. The van der Waals surface area contributed by atoms with Gasteiger partial charge in [-0.3, -0.25) is 4.98 Å². The van der Waals surface area contributed by atoms with Crippen LogP contribution in [0.3, 0.4) is 0 Å². The van der Waals surface area contributed by atoms with Gasteiger partial charge in [-0.25, -0.2) is 0 Å². The molecular formula is C12H12Br2N2S. The molecule has 2 nitrogen and oxygen atoms in total. The number of rotatable bonds is 4. The average Bonchev–Trinajstić information content (AvgIpc) is 2.67. The highest BCUT2D eigenvalue weighted by molar-refractivity contribution is 9.13. The molecule has 0 aliphatic heterocycles. The number of hydrogen-bond donors (Lipinski definition) is 1. The van der Waals surface area contributed by atoms with Gasteiger partial charge >= 0.3 is 0 Å². The molecule has 0 bridgehead atoms. The van der Waals surface area contributed by atoms with Crippen molar-refractivity contribution in [3.8, 4) is 0 Å². The molecule has 0 aliphatic rings. The minimum atomic E-state index is 0.210. The van der Waals surface area contributed by atoms with E-state index in [4.69, 9.17) is 0 Å². The SMILES string of the molecule is CCNC(c1cccnc1)c1cc(Br)c(Br)s1. The van der Waals surface area contributed by atoms with Crippen molar-refractivity contribution < 1.29 is 0 Å². The first-order valence-electron chi connectivity index (χ1n) is 5.30. The fourth-order valence-electron chi connectivity index (χ4n) is 1.64. The van der Waals surface area contributed by atoms with Gasteiger partial charge in [0.2, 0.25) is 0 Å². The summed E-state index contributed by atoms with van der Waals surface area (Å²) >= 11 is 8.80. The van der Waals surface area contributed by atoms with E-state index in [1.165, 1.54) is 10.4 Å². The zero-order valence-electron chi connectivity index (χ0n) is 9.28. The Morgan fingerprint density at radius 3 is 2.82 bits per heavy atom. The monoisotopic (exact) mass is 374 g/mol. The van der Waals surface area contributed by atoms with E-state index >= 15 is 0 Å². The summed E-state index contributed by atoms with van der Waals surface area (Å²) in [5.74, 6) is 0. The summed E-state index contributed by atoms with van der Waals surface area (Å²) in [6.45, 7) is 3.04. The van der Waals surface area contributed by atoms with Gasteiger partial charge in [-0.15, -0.1) is 11.3 Å². The van der Waals surface area contributed by atoms with Crippen LogP contribution >= 0.6 is 43.2 Å². The molecule has 2 rings (SSSR count). The van der Waals surface area contributed by atoms with E-state index in [9.17, 15) is 0 Å². The molecule has 2 heterocycles. The maximum absolute atomic E-state index is 4.18. The largest absolute Gasteiger partial charge is 0.306 e. The number of nitrogens with one attached hydrogen (secondary N) is 1. The Morgan fingerprint density at radius 2 is 2.29 bits per heavy atom. The number of thiophene rings is 1. The Bertz CT molecular complexity index is 465. The smallest absolute Gasteiger partial charge is 0.0843 e. The standard InChI is InChI=1S/C12H12Br2N2S/c1-2-16-11(8-4-3-5-15-7-8)10-6-9(13)12(14)17-10/h3-7,11,16H,2H2,1H3. The van der Waals surface area contributed by atoms with Gasteiger partial charge in [0.1, 0.15) is 0 Å². The van der Waals surface area contributed by atoms with Gasteiger partial charge in [-0.1, -0.05) is 13.0 Å². The molecule has 2 aromatic rings. The molecule has 1 unspecified atom stereocenters. The summed E-state index contributed by atoms with van der Waals surface area (Å²) in [5, 5.41) is 3.48. The van der Waals surface area contributed by atoms with Gasteiger partial charge in [0, 0.05) is 21.7 Å². The highest BCUT2D eigenvalue weighted by Crippen LogP contribution is 2.37. The zero-order chi connectivity index (χ0) is 12.3. The second kappa shape index (κ2) is 6.09. The van der Waals surface area contributed by atoms with E-state index in [-0.39, 0.29) is 6.04 Å². The van der Waals surface area contributed by atoms with Crippen molar-refractivity contribution >= 4 is 43.2 Å². The van der Waals surface area contributed by atoms with E-state index in [2.05, 4.69) is 61.2 Å². The third kappa shape index (κ3) is 3.16. The molecule has 1 atom stereocenters. The number of halogens is 2. The fraction of sp³-hybridized carbons (Fsp3) is 0.250. The van der Waals surface area contributed by atoms with Gasteiger partial charge in [0.05, 0.1) is 9.83 Å². The van der Waals surface area contributed by atoms with Gasteiger partial charge in [0.25, 0.3) is 0 Å². The Morgan fingerprint density at radius 1 is 1.47 bits per heavy atom. The van der Waals surface area contributed by atoms with Gasteiger partial charge in [-0.05, 0) is 56.1 Å². The van der Waals surface area contributed by atoms with Crippen LogP contribution in [-0.4, -0.2) is 11.5 Å². The second-order valence-corrected chi connectivity index (χ2v) is 6.80. The Balaban J connectivity index is 2.35. The van der Waals surface area contributed by atoms with Crippen molar-refractivity contribution in [3.63, 3.8) is 0 Å². The topological polar surface area (TPSA) is 24.9 Å². The van der Waals surface area contributed by atoms with Crippen LogP contribution in [-0.2, 0) is 0 Å². The highest BCUT2D eigenvalue weighted by Gasteiger charge is 2.16. The molecule has 0 saturated carbocycles. The average molecular weight is 376 g/mol. The molecule has 0 aliphatic carbocycles. The molecule has 5 heteroatoms. The minimum absolute atomic E-state index is 0.210. The molecule has 1 N–H and O–H groups in total. The number of aromatic nitrogens is 1. The van der Waals surface area contributed by atoms with Gasteiger partial charge < -0.3 is 5.32 Å². The van der Waals surface area contributed by atoms with Crippen molar-refractivity contribution in [2.24, 2.45) is 0 Å². The van der Waals surface area contributed by atoms with Crippen LogP contribution in [0.4, 0.5) is 0 Å². The van der Waals surface area contributed by atoms with Crippen LogP contribution in [0.2, 0.25) is 0 Å². The Labute approximate surface area is 122 Å². The first-order chi connectivity index (χ1) is 8.22. The minimum Gasteiger partial charge on any atom is -0.306 e. The summed E-state index contributed by atoms with van der Waals surface area (Å²) in [7, 11) is 0. The summed E-state index contributed by atoms with van der Waals surface area (Å²) in [5.41, 5.74) is 1.19. The quantitative estimate of drug-likeness (QED) is 0.858. The Hall–Kier alpha value is -0.230. The lowest BCUT2D eigenvalue weighted by molar-refractivity contribution is 0.637. The van der Waals surface area contributed by atoms with Crippen LogP contribution in [0.1, 0.15) is 23.4 Å². The molecule has 0 aromatic carbocycles. The summed E-state index contributed by atoms with van der Waals surface area (Å²) in [6.07, 6.45) is 3.71. The number of hydrogen-bond acceptors (Lipinski definition) is 3. The first kappa shape index (κ1) is 13.2. The molecule has 90 valence electrons. The van der Waals surface area contributed by atoms with E-state index in [0.29, 0.717) is 0 Å². The lowest BCUT2D eigenvalue weighted by Gasteiger charge is -2.16. The summed E-state index contributed by atoms with van der Waals surface area (Å²) < 4.78 is 2.23. The molecule has 17 heavy (non-hydrogen) atoms. The van der Waals surface area contributed by atoms with E-state index in [1.54, 1.807) is 17.5 Å². The molecule has 0 saturated heterocycles. The number of pyridine rings is 1. The van der Waals surface area contributed by atoms with Crippen molar-refractivity contribution in [2.75, 3.05) is 6.54 Å². The molecule has 2 aromatic heterocycles. The summed E-state index contributed by atoms with van der Waals surface area (Å²) in [4.78, 5) is 5.46. The van der Waals surface area contributed by atoms with Crippen LogP contribution in [0, 0.1) is 0 Å². The predicted molar refractivity (Wildman–Crippen MR) is 79.5 cm³/mol. The lowest BCUT2D eigenvalue weighted by Crippen LogP contribution is -2.21. The van der Waals surface area contributed by atoms with Crippen LogP contribution in [0.5, 0.6) is 0 Å². The molecule has 0 spiro atoms. The van der Waals surface area contributed by atoms with E-state index in [0.717, 1.165) is 14.8 Å². The van der Waals surface area contributed by atoms with Gasteiger partial charge in [-0.2, -0.15) is 0 Å². The number of nitrogens with zero attached hydrogens (tertiary/aromatic N) is 1. The molecule has 0 amide bonds. The van der Waals surface area contributed by atoms with Crippen LogP contribution < -0.4 is 5.32 Å². The van der Waals surface area contributed by atoms with Crippen molar-refractivity contribution in [3.05, 3.63) is 49.3 Å². The third-order valence-electron chi connectivity index (χ3n) is 2.37. The maximum atomic E-state index is 4.18. The zero-order valence-corrected chi connectivity index (χ0v) is 13.3. The van der Waals surface area contributed by atoms with Crippen molar-refractivity contribution in [1.82, 2.24) is 10.3 Å². The highest BCUT2D eigenvalue weighted by atomic mass is 79.9.